The second-order valence-electron chi connectivity index (χ2n) is 4.97. The van der Waals surface area contributed by atoms with E-state index in [1.165, 1.54) is 0 Å². The second-order valence-corrected chi connectivity index (χ2v) is 5.38. The van der Waals surface area contributed by atoms with E-state index in [4.69, 9.17) is 12.2 Å². The number of carbonyl (C=O) groups is 1. The highest BCUT2D eigenvalue weighted by Crippen LogP contribution is 2.14. The van der Waals surface area contributed by atoms with Gasteiger partial charge in [-0.15, -0.1) is 0 Å². The Morgan fingerprint density at radius 3 is 2.35 bits per heavy atom. The van der Waals surface area contributed by atoms with Gasteiger partial charge >= 0.3 is 0 Å². The Hall–Kier alpha value is -1.42. The molecule has 0 fully saturated rings. The van der Waals surface area contributed by atoms with Crippen LogP contribution in [0, 0.1) is 12.3 Å². The molecule has 1 aromatic rings. The predicted molar refractivity (Wildman–Crippen MR) is 75.0 cm³/mol. The SMILES string of the molecule is Cc1ccccc1NC(=S)NC(=O)C(C)(C)C. The maximum absolute atomic E-state index is 11.7. The van der Waals surface area contributed by atoms with Crippen molar-refractivity contribution in [2.75, 3.05) is 5.32 Å². The van der Waals surface area contributed by atoms with Gasteiger partial charge < -0.3 is 10.6 Å². The fourth-order valence-electron chi connectivity index (χ4n) is 1.16. The predicted octanol–water partition coefficient (Wildman–Crippen LogP) is 2.85. The zero-order valence-corrected chi connectivity index (χ0v) is 11.4. The topological polar surface area (TPSA) is 41.1 Å². The van der Waals surface area contributed by atoms with Crippen molar-refractivity contribution in [1.29, 1.82) is 0 Å². The molecule has 0 aliphatic rings. The third-order valence-electron chi connectivity index (χ3n) is 2.30. The number of rotatable bonds is 1. The van der Waals surface area contributed by atoms with Gasteiger partial charge in [0.15, 0.2) is 5.11 Å². The van der Waals surface area contributed by atoms with Gasteiger partial charge in [0, 0.05) is 11.1 Å². The lowest BCUT2D eigenvalue weighted by Crippen LogP contribution is -2.41. The summed E-state index contributed by atoms with van der Waals surface area (Å²) < 4.78 is 0. The largest absolute Gasteiger partial charge is 0.332 e. The lowest BCUT2D eigenvalue weighted by Gasteiger charge is -2.19. The van der Waals surface area contributed by atoms with Crippen LogP contribution in [0.3, 0.4) is 0 Å². The van der Waals surface area contributed by atoms with Crippen LogP contribution in [0.15, 0.2) is 24.3 Å². The van der Waals surface area contributed by atoms with E-state index in [2.05, 4.69) is 10.6 Å². The van der Waals surface area contributed by atoms with Gasteiger partial charge in [-0.3, -0.25) is 4.79 Å². The van der Waals surface area contributed by atoms with E-state index in [0.717, 1.165) is 11.3 Å². The number of benzene rings is 1. The Morgan fingerprint density at radius 1 is 1.24 bits per heavy atom. The van der Waals surface area contributed by atoms with Crippen molar-refractivity contribution in [1.82, 2.24) is 5.32 Å². The summed E-state index contributed by atoms with van der Waals surface area (Å²) in [7, 11) is 0. The summed E-state index contributed by atoms with van der Waals surface area (Å²) in [6.45, 7) is 7.52. The van der Waals surface area contributed by atoms with Crippen LogP contribution in [0.1, 0.15) is 26.3 Å². The zero-order chi connectivity index (χ0) is 13.1. The van der Waals surface area contributed by atoms with Crippen molar-refractivity contribution in [3.05, 3.63) is 29.8 Å². The van der Waals surface area contributed by atoms with Crippen LogP contribution in [-0.4, -0.2) is 11.0 Å². The summed E-state index contributed by atoms with van der Waals surface area (Å²) in [4.78, 5) is 11.7. The molecular weight excluding hydrogens is 232 g/mol. The van der Waals surface area contributed by atoms with Gasteiger partial charge in [0.05, 0.1) is 0 Å². The number of aryl methyl sites for hydroxylation is 1. The molecule has 0 aromatic heterocycles. The van der Waals surface area contributed by atoms with Crippen molar-refractivity contribution < 1.29 is 4.79 Å². The van der Waals surface area contributed by atoms with E-state index < -0.39 is 5.41 Å². The number of carbonyl (C=O) groups excluding carboxylic acids is 1. The molecular formula is C13H18N2OS. The van der Waals surface area contributed by atoms with Crippen LogP contribution >= 0.6 is 12.2 Å². The highest BCUT2D eigenvalue weighted by Gasteiger charge is 2.21. The molecule has 0 aliphatic carbocycles. The summed E-state index contributed by atoms with van der Waals surface area (Å²) in [6.07, 6.45) is 0. The molecule has 0 radical (unpaired) electrons. The van der Waals surface area contributed by atoms with Gasteiger partial charge in [-0.2, -0.15) is 0 Å². The number of hydrogen-bond donors (Lipinski definition) is 2. The summed E-state index contributed by atoms with van der Waals surface area (Å²) in [5.41, 5.74) is 1.55. The van der Waals surface area contributed by atoms with Gasteiger partial charge in [0.25, 0.3) is 0 Å². The fraction of sp³-hybridized carbons (Fsp3) is 0.385. The van der Waals surface area contributed by atoms with E-state index in [9.17, 15) is 4.79 Å². The van der Waals surface area contributed by atoms with Crippen LogP contribution in [0.4, 0.5) is 5.69 Å². The first-order chi connectivity index (χ1) is 7.80. The third kappa shape index (κ3) is 4.15. The highest BCUT2D eigenvalue weighted by atomic mass is 32.1. The molecule has 1 aromatic carbocycles. The van der Waals surface area contributed by atoms with Crippen LogP contribution in [0.5, 0.6) is 0 Å². The quantitative estimate of drug-likeness (QED) is 0.753. The molecule has 0 atom stereocenters. The van der Waals surface area contributed by atoms with Gasteiger partial charge in [-0.05, 0) is 30.8 Å². The molecule has 17 heavy (non-hydrogen) atoms. The molecule has 92 valence electrons. The lowest BCUT2D eigenvalue weighted by molar-refractivity contribution is -0.126. The Kier molecular flexibility index (Phi) is 4.23. The van der Waals surface area contributed by atoms with Crippen LogP contribution in [0.25, 0.3) is 0 Å². The molecule has 4 heteroatoms. The average molecular weight is 250 g/mol. The molecule has 0 heterocycles. The molecule has 2 N–H and O–H groups in total. The Morgan fingerprint density at radius 2 is 1.82 bits per heavy atom. The van der Waals surface area contributed by atoms with Gasteiger partial charge in [-0.25, -0.2) is 0 Å². The van der Waals surface area contributed by atoms with Crippen molar-refractivity contribution in [3.63, 3.8) is 0 Å². The maximum Gasteiger partial charge on any atom is 0.231 e. The normalized spacial score (nSPS) is 10.8. The van der Waals surface area contributed by atoms with Crippen molar-refractivity contribution in [2.45, 2.75) is 27.7 Å². The third-order valence-corrected chi connectivity index (χ3v) is 2.51. The average Bonchev–Trinajstić information content (AvgIpc) is 2.20. The molecule has 0 saturated carbocycles. The number of para-hydroxylation sites is 1. The van der Waals surface area contributed by atoms with E-state index in [1.807, 2.05) is 52.0 Å². The molecule has 3 nitrogen and oxygen atoms in total. The van der Waals surface area contributed by atoms with E-state index >= 15 is 0 Å². The molecule has 0 aliphatic heterocycles. The Labute approximate surface area is 108 Å². The minimum atomic E-state index is -0.447. The second kappa shape index (κ2) is 5.27. The summed E-state index contributed by atoms with van der Waals surface area (Å²) in [6, 6.07) is 7.78. The Balaban J connectivity index is 2.63. The van der Waals surface area contributed by atoms with Crippen LogP contribution in [0.2, 0.25) is 0 Å². The zero-order valence-electron chi connectivity index (χ0n) is 10.6. The fourth-order valence-corrected chi connectivity index (χ4v) is 1.36. The van der Waals surface area contributed by atoms with Gasteiger partial charge in [0.1, 0.15) is 0 Å². The number of anilines is 1. The standard InChI is InChI=1S/C13H18N2OS/c1-9-7-5-6-8-10(9)14-12(17)15-11(16)13(2,3)4/h5-8H,1-4H3,(H2,14,15,16,17). The van der Waals surface area contributed by atoms with E-state index in [1.54, 1.807) is 0 Å². The number of hydrogen-bond acceptors (Lipinski definition) is 2. The number of nitrogens with one attached hydrogen (secondary N) is 2. The van der Waals surface area contributed by atoms with Gasteiger partial charge in [0.2, 0.25) is 5.91 Å². The number of thiocarbonyl (C=S) groups is 1. The van der Waals surface area contributed by atoms with Gasteiger partial charge in [-0.1, -0.05) is 39.0 Å². The first-order valence-electron chi connectivity index (χ1n) is 5.49. The summed E-state index contributed by atoms with van der Waals surface area (Å²) in [5.74, 6) is -0.0939. The van der Waals surface area contributed by atoms with Crippen LogP contribution < -0.4 is 10.6 Å². The van der Waals surface area contributed by atoms with E-state index in [0.29, 0.717) is 5.11 Å². The number of amides is 1. The molecule has 0 spiro atoms. The molecule has 0 bridgehead atoms. The summed E-state index contributed by atoms with van der Waals surface area (Å²) in [5, 5.41) is 6.02. The van der Waals surface area contributed by atoms with Crippen molar-refractivity contribution >= 4 is 28.9 Å². The molecule has 1 rings (SSSR count). The maximum atomic E-state index is 11.7. The van der Waals surface area contributed by atoms with Crippen LogP contribution in [-0.2, 0) is 4.79 Å². The Bertz CT molecular complexity index is 435. The monoisotopic (exact) mass is 250 g/mol. The lowest BCUT2D eigenvalue weighted by atomic mass is 9.96. The molecule has 1 amide bonds. The minimum Gasteiger partial charge on any atom is -0.332 e. The minimum absolute atomic E-state index is 0.0939. The molecule has 0 saturated heterocycles. The molecule has 0 unspecified atom stereocenters. The van der Waals surface area contributed by atoms with E-state index in [-0.39, 0.29) is 5.91 Å². The first kappa shape index (κ1) is 13.6. The van der Waals surface area contributed by atoms with Crippen molar-refractivity contribution in [2.24, 2.45) is 5.41 Å². The first-order valence-corrected chi connectivity index (χ1v) is 5.89. The van der Waals surface area contributed by atoms with Crippen molar-refractivity contribution in [3.8, 4) is 0 Å². The smallest absolute Gasteiger partial charge is 0.231 e. The highest BCUT2D eigenvalue weighted by molar-refractivity contribution is 7.80. The summed E-state index contributed by atoms with van der Waals surface area (Å²) >= 11 is 5.10.